The van der Waals surface area contributed by atoms with E-state index >= 15 is 0 Å². The number of hydrogen-bond acceptors (Lipinski definition) is 3. The number of benzene rings is 2. The summed E-state index contributed by atoms with van der Waals surface area (Å²) in [5.41, 5.74) is 7.85. The largest absolute Gasteiger partial charge is 0.508 e. The van der Waals surface area contributed by atoms with Crippen LogP contribution in [0.5, 0.6) is 5.75 Å². The molecule has 20 heavy (non-hydrogen) atoms. The predicted molar refractivity (Wildman–Crippen MR) is 78.1 cm³/mol. The van der Waals surface area contributed by atoms with Gasteiger partial charge in [0.25, 0.3) is 0 Å². The summed E-state index contributed by atoms with van der Waals surface area (Å²) >= 11 is 0. The fraction of sp³-hybridized carbons (Fsp3) is 0.188. The van der Waals surface area contributed by atoms with E-state index < -0.39 is 6.04 Å². The van der Waals surface area contributed by atoms with E-state index in [4.69, 9.17) is 5.73 Å². The molecular formula is C16H18N2O2. The molecule has 2 aromatic rings. The quantitative estimate of drug-likeness (QED) is 0.772. The summed E-state index contributed by atoms with van der Waals surface area (Å²) in [7, 11) is 0. The first-order chi connectivity index (χ1) is 9.65. The Morgan fingerprint density at radius 2 is 1.70 bits per heavy atom. The predicted octanol–water partition coefficient (Wildman–Crippen LogP) is 1.58. The molecule has 2 aromatic carbocycles. The Labute approximate surface area is 118 Å². The van der Waals surface area contributed by atoms with Crippen molar-refractivity contribution in [3.63, 3.8) is 0 Å². The van der Waals surface area contributed by atoms with Gasteiger partial charge in [0.15, 0.2) is 0 Å². The number of nitrogens with two attached hydrogens (primary N) is 1. The van der Waals surface area contributed by atoms with E-state index in [1.807, 2.05) is 30.3 Å². The van der Waals surface area contributed by atoms with Gasteiger partial charge in [-0.25, -0.2) is 0 Å². The first kappa shape index (κ1) is 14.1. The first-order valence-electron chi connectivity index (χ1n) is 6.50. The van der Waals surface area contributed by atoms with Gasteiger partial charge in [-0.05, 0) is 29.7 Å². The van der Waals surface area contributed by atoms with Gasteiger partial charge in [-0.1, -0.05) is 42.5 Å². The maximum Gasteiger partial charge on any atom is 0.237 e. The molecule has 2 rings (SSSR count). The molecule has 0 radical (unpaired) electrons. The third kappa shape index (κ3) is 4.10. The average molecular weight is 270 g/mol. The van der Waals surface area contributed by atoms with Gasteiger partial charge in [-0.2, -0.15) is 0 Å². The smallest absolute Gasteiger partial charge is 0.237 e. The van der Waals surface area contributed by atoms with Crippen LogP contribution in [0.2, 0.25) is 0 Å². The van der Waals surface area contributed by atoms with Crippen molar-refractivity contribution in [2.45, 2.75) is 19.0 Å². The second-order valence-electron chi connectivity index (χ2n) is 4.68. The van der Waals surface area contributed by atoms with E-state index in [1.54, 1.807) is 24.3 Å². The van der Waals surface area contributed by atoms with Gasteiger partial charge >= 0.3 is 0 Å². The maximum absolute atomic E-state index is 11.9. The second-order valence-corrected chi connectivity index (χ2v) is 4.68. The SMILES string of the molecule is NC(Cc1ccccc1)C(=O)NCc1ccc(O)cc1. The molecule has 0 aliphatic rings. The van der Waals surface area contributed by atoms with Gasteiger partial charge in [0.2, 0.25) is 5.91 Å². The van der Waals surface area contributed by atoms with Gasteiger partial charge in [-0.15, -0.1) is 0 Å². The zero-order valence-electron chi connectivity index (χ0n) is 11.1. The number of rotatable bonds is 5. The Bertz CT molecular complexity index is 552. The number of phenolic OH excluding ortho intramolecular Hbond substituents is 1. The summed E-state index contributed by atoms with van der Waals surface area (Å²) < 4.78 is 0. The summed E-state index contributed by atoms with van der Waals surface area (Å²) in [6.07, 6.45) is 0.516. The van der Waals surface area contributed by atoms with Crippen LogP contribution in [0.4, 0.5) is 0 Å². The monoisotopic (exact) mass is 270 g/mol. The first-order valence-corrected chi connectivity index (χ1v) is 6.50. The second kappa shape index (κ2) is 6.73. The number of amides is 1. The molecule has 4 N–H and O–H groups in total. The minimum atomic E-state index is -0.561. The van der Waals surface area contributed by atoms with Gasteiger partial charge in [-0.3, -0.25) is 4.79 Å². The Balaban J connectivity index is 1.83. The summed E-state index contributed by atoms with van der Waals surface area (Å²) in [6, 6.07) is 15.8. The van der Waals surface area contributed by atoms with Crippen LogP contribution in [-0.2, 0) is 17.8 Å². The van der Waals surface area contributed by atoms with E-state index in [-0.39, 0.29) is 11.7 Å². The lowest BCUT2D eigenvalue weighted by molar-refractivity contribution is -0.122. The van der Waals surface area contributed by atoms with Crippen LogP contribution in [-0.4, -0.2) is 17.1 Å². The highest BCUT2D eigenvalue weighted by molar-refractivity contribution is 5.81. The molecule has 0 heterocycles. The van der Waals surface area contributed by atoms with Crippen molar-refractivity contribution in [3.05, 3.63) is 65.7 Å². The molecule has 4 heteroatoms. The van der Waals surface area contributed by atoms with Gasteiger partial charge in [0, 0.05) is 6.54 Å². The summed E-state index contributed by atoms with van der Waals surface area (Å²) in [4.78, 5) is 11.9. The average Bonchev–Trinajstić information content (AvgIpc) is 2.47. The molecule has 4 nitrogen and oxygen atoms in total. The highest BCUT2D eigenvalue weighted by Gasteiger charge is 2.13. The highest BCUT2D eigenvalue weighted by atomic mass is 16.3. The van der Waals surface area contributed by atoms with Crippen molar-refractivity contribution >= 4 is 5.91 Å². The van der Waals surface area contributed by atoms with Crippen molar-refractivity contribution in [2.24, 2.45) is 5.73 Å². The molecule has 0 fully saturated rings. The Hall–Kier alpha value is -2.33. The molecule has 104 valence electrons. The molecule has 0 saturated heterocycles. The fourth-order valence-electron chi connectivity index (χ4n) is 1.89. The lowest BCUT2D eigenvalue weighted by Gasteiger charge is -2.12. The Morgan fingerprint density at radius 3 is 2.35 bits per heavy atom. The van der Waals surface area contributed by atoms with Crippen molar-refractivity contribution in [3.8, 4) is 5.75 Å². The van der Waals surface area contributed by atoms with Crippen LogP contribution in [0.1, 0.15) is 11.1 Å². The topological polar surface area (TPSA) is 75.4 Å². The molecule has 0 bridgehead atoms. The standard InChI is InChI=1S/C16H18N2O2/c17-15(10-12-4-2-1-3-5-12)16(20)18-11-13-6-8-14(19)9-7-13/h1-9,15,19H,10-11,17H2,(H,18,20). The summed E-state index contributed by atoms with van der Waals surface area (Å²) in [5.74, 6) is 0.0304. The van der Waals surface area contributed by atoms with Gasteiger partial charge in [0.05, 0.1) is 6.04 Å². The van der Waals surface area contributed by atoms with Crippen molar-refractivity contribution < 1.29 is 9.90 Å². The zero-order chi connectivity index (χ0) is 14.4. The normalized spacial score (nSPS) is 11.8. The van der Waals surface area contributed by atoms with E-state index in [9.17, 15) is 9.90 Å². The van der Waals surface area contributed by atoms with E-state index in [0.717, 1.165) is 11.1 Å². The fourth-order valence-corrected chi connectivity index (χ4v) is 1.89. The van der Waals surface area contributed by atoms with Crippen molar-refractivity contribution in [1.29, 1.82) is 0 Å². The molecule has 0 aliphatic carbocycles. The zero-order valence-corrected chi connectivity index (χ0v) is 11.1. The third-order valence-corrected chi connectivity index (χ3v) is 3.04. The molecule has 0 spiro atoms. The van der Waals surface area contributed by atoms with E-state index in [0.29, 0.717) is 13.0 Å². The molecule has 0 aromatic heterocycles. The Morgan fingerprint density at radius 1 is 1.05 bits per heavy atom. The van der Waals surface area contributed by atoms with Crippen LogP contribution in [0.3, 0.4) is 0 Å². The van der Waals surface area contributed by atoms with Crippen LogP contribution in [0.25, 0.3) is 0 Å². The van der Waals surface area contributed by atoms with Gasteiger partial charge < -0.3 is 16.2 Å². The minimum absolute atomic E-state index is 0.179. The number of hydrogen-bond donors (Lipinski definition) is 3. The molecule has 1 unspecified atom stereocenters. The highest BCUT2D eigenvalue weighted by Crippen LogP contribution is 2.09. The van der Waals surface area contributed by atoms with Crippen LogP contribution in [0, 0.1) is 0 Å². The number of aromatic hydroxyl groups is 1. The molecular weight excluding hydrogens is 252 g/mol. The number of carbonyl (C=O) groups is 1. The molecule has 0 saturated carbocycles. The van der Waals surface area contributed by atoms with Gasteiger partial charge in [0.1, 0.15) is 5.75 Å². The van der Waals surface area contributed by atoms with Crippen LogP contribution < -0.4 is 11.1 Å². The summed E-state index contributed by atoms with van der Waals surface area (Å²) in [5, 5.41) is 12.0. The molecule has 1 amide bonds. The molecule has 0 aliphatic heterocycles. The maximum atomic E-state index is 11.9. The Kier molecular flexibility index (Phi) is 4.74. The number of nitrogens with one attached hydrogen (secondary N) is 1. The lowest BCUT2D eigenvalue weighted by Crippen LogP contribution is -2.41. The van der Waals surface area contributed by atoms with Crippen LogP contribution in [0.15, 0.2) is 54.6 Å². The molecule has 1 atom stereocenters. The van der Waals surface area contributed by atoms with E-state index in [1.165, 1.54) is 0 Å². The van der Waals surface area contributed by atoms with Crippen molar-refractivity contribution in [1.82, 2.24) is 5.32 Å². The minimum Gasteiger partial charge on any atom is -0.508 e. The lowest BCUT2D eigenvalue weighted by atomic mass is 10.1. The number of phenols is 1. The number of carbonyl (C=O) groups excluding carboxylic acids is 1. The van der Waals surface area contributed by atoms with Crippen molar-refractivity contribution in [2.75, 3.05) is 0 Å². The van der Waals surface area contributed by atoms with Crippen LogP contribution >= 0.6 is 0 Å². The summed E-state index contributed by atoms with van der Waals surface area (Å²) in [6.45, 7) is 0.404. The third-order valence-electron chi connectivity index (χ3n) is 3.04. The van der Waals surface area contributed by atoms with E-state index in [2.05, 4.69) is 5.32 Å².